The first-order valence-corrected chi connectivity index (χ1v) is 6.28. The molecule has 0 amide bonds. The molecule has 20 heavy (non-hydrogen) atoms. The summed E-state index contributed by atoms with van der Waals surface area (Å²) in [7, 11) is 7.13. The molecular formula is C13H22N4O3. The predicted molar refractivity (Wildman–Crippen MR) is 80.5 cm³/mol. The molecule has 112 valence electrons. The van der Waals surface area contributed by atoms with Gasteiger partial charge in [-0.3, -0.25) is 10.1 Å². The summed E-state index contributed by atoms with van der Waals surface area (Å²) >= 11 is 0. The van der Waals surface area contributed by atoms with Crippen LogP contribution in [-0.2, 0) is 0 Å². The molecule has 0 saturated carbocycles. The molecule has 1 unspecified atom stereocenters. The molecule has 0 spiro atoms. The van der Waals surface area contributed by atoms with Crippen molar-refractivity contribution in [2.45, 2.75) is 13.0 Å². The number of hydrogen-bond acceptors (Lipinski definition) is 6. The van der Waals surface area contributed by atoms with Gasteiger partial charge in [-0.05, 0) is 33.2 Å². The van der Waals surface area contributed by atoms with Gasteiger partial charge in [0.2, 0.25) is 5.75 Å². The fourth-order valence-corrected chi connectivity index (χ4v) is 2.14. The average Bonchev–Trinajstić information content (AvgIpc) is 2.36. The van der Waals surface area contributed by atoms with Crippen LogP contribution in [0.5, 0.6) is 5.75 Å². The molecule has 0 aliphatic rings. The molecule has 0 heterocycles. The fourth-order valence-electron chi connectivity index (χ4n) is 2.14. The molecule has 7 heteroatoms. The largest absolute Gasteiger partial charge is 0.489 e. The number of anilines is 2. The molecule has 0 fully saturated rings. The maximum atomic E-state index is 11.3. The van der Waals surface area contributed by atoms with Crippen molar-refractivity contribution in [2.75, 3.05) is 45.4 Å². The van der Waals surface area contributed by atoms with Gasteiger partial charge in [0.25, 0.3) is 0 Å². The van der Waals surface area contributed by atoms with Crippen LogP contribution >= 0.6 is 0 Å². The number of nitro groups is 1. The number of nitrogens with two attached hydrogens (primary N) is 1. The summed E-state index contributed by atoms with van der Waals surface area (Å²) in [4.78, 5) is 14.8. The Morgan fingerprint density at radius 2 is 2.00 bits per heavy atom. The van der Waals surface area contributed by atoms with E-state index in [1.807, 2.05) is 37.9 Å². The lowest BCUT2D eigenvalue weighted by molar-refractivity contribution is -0.384. The summed E-state index contributed by atoms with van der Waals surface area (Å²) in [6.07, 6.45) is 0. The van der Waals surface area contributed by atoms with Gasteiger partial charge in [0.05, 0.1) is 17.7 Å². The van der Waals surface area contributed by atoms with Crippen molar-refractivity contribution in [3.8, 4) is 5.75 Å². The first-order chi connectivity index (χ1) is 9.29. The van der Waals surface area contributed by atoms with Gasteiger partial charge in [-0.25, -0.2) is 0 Å². The highest BCUT2D eigenvalue weighted by Crippen LogP contribution is 2.41. The van der Waals surface area contributed by atoms with Gasteiger partial charge in [0, 0.05) is 19.6 Å². The predicted octanol–water partition coefficient (Wildman–Crippen LogP) is 1.57. The normalized spacial score (nSPS) is 12.3. The molecule has 7 nitrogen and oxygen atoms in total. The van der Waals surface area contributed by atoms with Crippen molar-refractivity contribution < 1.29 is 9.66 Å². The van der Waals surface area contributed by atoms with E-state index >= 15 is 0 Å². The third-order valence-corrected chi connectivity index (χ3v) is 3.20. The highest BCUT2D eigenvalue weighted by Gasteiger charge is 2.27. The first kappa shape index (κ1) is 16.0. The molecule has 0 aliphatic carbocycles. The SMILES string of the molecule is COc1c(N)ccc(N(C)C(C)CN(C)C)c1[N+](=O)[O-]. The summed E-state index contributed by atoms with van der Waals surface area (Å²) in [5.41, 5.74) is 6.40. The van der Waals surface area contributed by atoms with Crippen LogP contribution in [0.4, 0.5) is 17.1 Å². The minimum absolute atomic E-state index is 0.0967. The van der Waals surface area contributed by atoms with Crippen LogP contribution in [0.3, 0.4) is 0 Å². The Kier molecular flexibility index (Phi) is 5.15. The van der Waals surface area contributed by atoms with Gasteiger partial charge in [0.1, 0.15) is 5.69 Å². The van der Waals surface area contributed by atoms with E-state index in [9.17, 15) is 10.1 Å². The van der Waals surface area contributed by atoms with Crippen LogP contribution in [0, 0.1) is 10.1 Å². The second-order valence-corrected chi connectivity index (χ2v) is 5.04. The summed E-state index contributed by atoms with van der Waals surface area (Å²) in [5.74, 6) is 0.108. The van der Waals surface area contributed by atoms with Crippen LogP contribution in [0.25, 0.3) is 0 Å². The minimum Gasteiger partial charge on any atom is -0.489 e. The molecule has 0 saturated heterocycles. The van der Waals surface area contributed by atoms with Crippen LogP contribution in [0.2, 0.25) is 0 Å². The zero-order valence-electron chi connectivity index (χ0n) is 12.6. The quantitative estimate of drug-likeness (QED) is 0.484. The maximum absolute atomic E-state index is 11.3. The molecule has 1 aromatic rings. The fraction of sp³-hybridized carbons (Fsp3) is 0.538. The Bertz CT molecular complexity index is 491. The Hall–Kier alpha value is -2.02. The van der Waals surface area contributed by atoms with E-state index in [1.165, 1.54) is 7.11 Å². The lowest BCUT2D eigenvalue weighted by Gasteiger charge is -2.29. The highest BCUT2D eigenvalue weighted by molar-refractivity contribution is 5.77. The zero-order valence-corrected chi connectivity index (χ0v) is 12.6. The number of methoxy groups -OCH3 is 1. The van der Waals surface area contributed by atoms with Crippen LogP contribution < -0.4 is 15.4 Å². The van der Waals surface area contributed by atoms with E-state index in [0.29, 0.717) is 5.69 Å². The number of benzene rings is 1. The second-order valence-electron chi connectivity index (χ2n) is 5.04. The maximum Gasteiger partial charge on any atom is 0.336 e. The molecule has 0 radical (unpaired) electrons. The van der Waals surface area contributed by atoms with Gasteiger partial charge >= 0.3 is 5.69 Å². The van der Waals surface area contributed by atoms with E-state index in [0.717, 1.165) is 6.54 Å². The lowest BCUT2D eigenvalue weighted by atomic mass is 10.1. The van der Waals surface area contributed by atoms with Crippen molar-refractivity contribution in [2.24, 2.45) is 0 Å². The Morgan fingerprint density at radius 1 is 1.40 bits per heavy atom. The van der Waals surface area contributed by atoms with Crippen molar-refractivity contribution in [3.63, 3.8) is 0 Å². The third kappa shape index (κ3) is 3.30. The molecule has 0 aliphatic heterocycles. The molecule has 0 bridgehead atoms. The molecule has 1 rings (SSSR count). The second kappa shape index (κ2) is 6.42. The van der Waals surface area contributed by atoms with E-state index in [-0.39, 0.29) is 23.2 Å². The average molecular weight is 282 g/mol. The Labute approximate surface area is 119 Å². The van der Waals surface area contributed by atoms with E-state index in [2.05, 4.69) is 0 Å². The topological polar surface area (TPSA) is 84.9 Å². The Balaban J connectivity index is 3.27. The number of hydrogen-bond donors (Lipinski definition) is 1. The van der Waals surface area contributed by atoms with Gasteiger partial charge in [-0.15, -0.1) is 0 Å². The zero-order chi connectivity index (χ0) is 15.4. The molecular weight excluding hydrogens is 260 g/mol. The smallest absolute Gasteiger partial charge is 0.336 e. The highest BCUT2D eigenvalue weighted by atomic mass is 16.6. The number of nitrogens with zero attached hydrogens (tertiary/aromatic N) is 3. The summed E-state index contributed by atoms with van der Waals surface area (Å²) in [6.45, 7) is 2.78. The van der Waals surface area contributed by atoms with Crippen molar-refractivity contribution in [1.29, 1.82) is 0 Å². The monoisotopic (exact) mass is 282 g/mol. The van der Waals surface area contributed by atoms with E-state index in [1.54, 1.807) is 12.1 Å². The van der Waals surface area contributed by atoms with Gasteiger partial charge in [0.15, 0.2) is 0 Å². The van der Waals surface area contributed by atoms with Crippen molar-refractivity contribution in [1.82, 2.24) is 4.90 Å². The lowest BCUT2D eigenvalue weighted by Crippen LogP contribution is -2.37. The van der Waals surface area contributed by atoms with Gasteiger partial charge in [-0.1, -0.05) is 0 Å². The molecule has 1 atom stereocenters. The summed E-state index contributed by atoms with van der Waals surface area (Å²) in [5, 5.41) is 11.3. The van der Waals surface area contributed by atoms with Crippen molar-refractivity contribution >= 4 is 17.1 Å². The molecule has 1 aromatic carbocycles. The number of rotatable bonds is 6. The summed E-state index contributed by atoms with van der Waals surface area (Å²) in [6, 6.07) is 3.39. The van der Waals surface area contributed by atoms with Crippen LogP contribution in [0.15, 0.2) is 12.1 Å². The third-order valence-electron chi connectivity index (χ3n) is 3.20. The Morgan fingerprint density at radius 3 is 2.45 bits per heavy atom. The standard InChI is InChI=1S/C13H22N4O3/c1-9(8-15(2)3)16(4)11-7-6-10(14)13(20-5)12(11)17(18)19/h6-7,9H,8,14H2,1-5H3. The minimum atomic E-state index is -0.455. The van der Waals surface area contributed by atoms with Crippen molar-refractivity contribution in [3.05, 3.63) is 22.2 Å². The van der Waals surface area contributed by atoms with E-state index < -0.39 is 4.92 Å². The van der Waals surface area contributed by atoms with Crippen LogP contribution in [0.1, 0.15) is 6.92 Å². The number of nitrogen functional groups attached to an aromatic ring is 1. The summed E-state index contributed by atoms with van der Waals surface area (Å²) < 4.78 is 5.09. The first-order valence-electron chi connectivity index (χ1n) is 6.28. The van der Waals surface area contributed by atoms with Crippen LogP contribution in [-0.4, -0.2) is 50.7 Å². The van der Waals surface area contributed by atoms with Gasteiger partial charge in [-0.2, -0.15) is 0 Å². The molecule has 0 aromatic heterocycles. The number of nitro benzene ring substituents is 1. The number of likely N-dealkylation sites (N-methyl/N-ethyl adjacent to an activating group) is 2. The van der Waals surface area contributed by atoms with Gasteiger partial charge < -0.3 is 20.3 Å². The van der Waals surface area contributed by atoms with E-state index in [4.69, 9.17) is 10.5 Å². The molecule has 2 N–H and O–H groups in total. The number of ether oxygens (including phenoxy) is 1.